The number of carbonyl (C=O) groups excluding carboxylic acids is 1. The molecule has 7 nitrogen and oxygen atoms in total. The second kappa shape index (κ2) is 7.01. The van der Waals surface area contributed by atoms with Crippen molar-refractivity contribution in [1.82, 2.24) is 25.3 Å². The summed E-state index contributed by atoms with van der Waals surface area (Å²) in [6, 6.07) is 14.9. The normalized spacial score (nSPS) is 11.1. The molecule has 0 saturated heterocycles. The highest BCUT2D eigenvalue weighted by molar-refractivity contribution is 7.18. The molecule has 0 aliphatic heterocycles. The Hall–Kier alpha value is -3.13. The van der Waals surface area contributed by atoms with Crippen molar-refractivity contribution in [3.8, 4) is 0 Å². The molecule has 130 valence electrons. The molecule has 26 heavy (non-hydrogen) atoms. The van der Waals surface area contributed by atoms with Crippen molar-refractivity contribution >= 4 is 38.4 Å². The van der Waals surface area contributed by atoms with E-state index in [1.807, 2.05) is 24.3 Å². The molecule has 0 aliphatic carbocycles. The van der Waals surface area contributed by atoms with Gasteiger partial charge in [-0.2, -0.15) is 0 Å². The average Bonchev–Trinajstić information content (AvgIpc) is 3.09. The highest BCUT2D eigenvalue weighted by Crippen LogP contribution is 2.21. The van der Waals surface area contributed by atoms with Crippen LogP contribution in [0, 0.1) is 0 Å². The Labute approximate surface area is 152 Å². The Bertz CT molecular complexity index is 1120. The fourth-order valence-electron chi connectivity index (χ4n) is 2.64. The molecule has 2 heterocycles. The fourth-order valence-corrected chi connectivity index (χ4v) is 3.54. The second-order valence-electron chi connectivity index (χ2n) is 5.74. The van der Waals surface area contributed by atoms with Gasteiger partial charge in [-0.1, -0.05) is 29.5 Å². The van der Waals surface area contributed by atoms with E-state index in [0.717, 1.165) is 15.2 Å². The van der Waals surface area contributed by atoms with E-state index in [1.54, 1.807) is 35.6 Å². The number of hydrogen-bond acceptors (Lipinski definition) is 6. The zero-order valence-electron chi connectivity index (χ0n) is 13.8. The van der Waals surface area contributed by atoms with Gasteiger partial charge in [0, 0.05) is 6.42 Å². The number of amides is 1. The summed E-state index contributed by atoms with van der Waals surface area (Å²) >= 11 is 1.55. The van der Waals surface area contributed by atoms with Crippen molar-refractivity contribution in [2.24, 2.45) is 0 Å². The van der Waals surface area contributed by atoms with Crippen LogP contribution < -0.4 is 10.9 Å². The fraction of sp³-hybridized carbons (Fsp3) is 0.167. The molecular formula is C18H15N5O2S. The third kappa shape index (κ3) is 3.31. The molecule has 0 saturated carbocycles. The third-order valence-corrected chi connectivity index (χ3v) is 4.99. The number of nitrogens with zero attached hydrogens (tertiary/aromatic N) is 4. The predicted molar refractivity (Wildman–Crippen MR) is 99.9 cm³/mol. The number of carbonyl (C=O) groups is 1. The Balaban J connectivity index is 1.38. The number of para-hydroxylation sites is 1. The van der Waals surface area contributed by atoms with Crippen LogP contribution in [0.2, 0.25) is 0 Å². The second-order valence-corrected chi connectivity index (χ2v) is 6.85. The molecule has 2 aromatic carbocycles. The first-order valence-electron chi connectivity index (χ1n) is 8.14. The quantitative estimate of drug-likeness (QED) is 0.585. The van der Waals surface area contributed by atoms with Crippen molar-refractivity contribution in [3.05, 3.63) is 63.9 Å². The van der Waals surface area contributed by atoms with Crippen LogP contribution in [0.4, 0.5) is 0 Å². The van der Waals surface area contributed by atoms with Crippen LogP contribution in [0.5, 0.6) is 0 Å². The van der Waals surface area contributed by atoms with Gasteiger partial charge in [0.1, 0.15) is 10.5 Å². The van der Waals surface area contributed by atoms with Gasteiger partial charge >= 0.3 is 0 Å². The zero-order valence-corrected chi connectivity index (χ0v) is 14.6. The maximum Gasteiger partial charge on any atom is 0.277 e. The minimum Gasteiger partial charge on any atom is -0.350 e. The van der Waals surface area contributed by atoms with E-state index in [0.29, 0.717) is 17.4 Å². The zero-order chi connectivity index (χ0) is 17.9. The molecule has 0 radical (unpaired) electrons. The lowest BCUT2D eigenvalue weighted by atomic mass is 10.2. The van der Waals surface area contributed by atoms with Gasteiger partial charge in [0.25, 0.3) is 5.56 Å². The summed E-state index contributed by atoms with van der Waals surface area (Å²) in [5.74, 6) is -0.161. The highest BCUT2D eigenvalue weighted by Gasteiger charge is 2.09. The van der Waals surface area contributed by atoms with Crippen LogP contribution in [-0.2, 0) is 17.9 Å². The van der Waals surface area contributed by atoms with Crippen LogP contribution in [0.1, 0.15) is 11.4 Å². The lowest BCUT2D eigenvalue weighted by Crippen LogP contribution is -2.29. The first-order valence-corrected chi connectivity index (χ1v) is 8.96. The number of fused-ring (bicyclic) bond motifs is 2. The molecule has 0 unspecified atom stereocenters. The molecule has 0 atom stereocenters. The van der Waals surface area contributed by atoms with E-state index in [4.69, 9.17) is 0 Å². The topological polar surface area (TPSA) is 89.8 Å². The molecule has 0 bridgehead atoms. The number of benzene rings is 2. The van der Waals surface area contributed by atoms with Crippen molar-refractivity contribution in [3.63, 3.8) is 0 Å². The van der Waals surface area contributed by atoms with Crippen LogP contribution in [0.25, 0.3) is 21.1 Å². The summed E-state index contributed by atoms with van der Waals surface area (Å²) in [6.07, 6.45) is 0.151. The van der Waals surface area contributed by atoms with E-state index in [9.17, 15) is 9.59 Å². The van der Waals surface area contributed by atoms with Crippen LogP contribution in [0.3, 0.4) is 0 Å². The van der Waals surface area contributed by atoms with Gasteiger partial charge in [0.2, 0.25) is 5.91 Å². The molecule has 1 N–H and O–H groups in total. The van der Waals surface area contributed by atoms with Crippen LogP contribution >= 0.6 is 11.3 Å². The van der Waals surface area contributed by atoms with Crippen molar-refractivity contribution in [2.45, 2.75) is 19.5 Å². The lowest BCUT2D eigenvalue weighted by molar-refractivity contribution is -0.121. The minimum absolute atomic E-state index is 0.151. The molecular weight excluding hydrogens is 350 g/mol. The van der Waals surface area contributed by atoms with Gasteiger partial charge in [-0.3, -0.25) is 9.59 Å². The largest absolute Gasteiger partial charge is 0.350 e. The summed E-state index contributed by atoms with van der Waals surface area (Å²) in [7, 11) is 0. The van der Waals surface area contributed by atoms with E-state index >= 15 is 0 Å². The molecule has 2 aromatic heterocycles. The molecule has 0 fully saturated rings. The van der Waals surface area contributed by atoms with Gasteiger partial charge in [0.15, 0.2) is 0 Å². The Morgan fingerprint density at radius 3 is 2.69 bits per heavy atom. The molecule has 4 aromatic rings. The number of nitrogens with one attached hydrogen (secondary N) is 1. The Morgan fingerprint density at radius 2 is 1.85 bits per heavy atom. The van der Waals surface area contributed by atoms with E-state index < -0.39 is 0 Å². The monoisotopic (exact) mass is 365 g/mol. The smallest absolute Gasteiger partial charge is 0.277 e. The number of thiazole rings is 1. The number of hydrogen-bond donors (Lipinski definition) is 1. The third-order valence-electron chi connectivity index (χ3n) is 3.95. The standard InChI is InChI=1S/C18H15N5O2S/c24-16(19-11-17-20-14-7-3-4-8-15(14)26-17)9-10-23-18(25)12-5-1-2-6-13(12)21-22-23/h1-8H,9-11H2,(H,19,24). The SMILES string of the molecule is O=C(CCn1nnc2ccccc2c1=O)NCc1nc2ccccc2s1. The van der Waals surface area contributed by atoms with Gasteiger partial charge in [0.05, 0.1) is 28.7 Å². The van der Waals surface area contributed by atoms with Gasteiger partial charge in [-0.15, -0.1) is 16.4 Å². The Kier molecular flexibility index (Phi) is 4.40. The number of aromatic nitrogens is 4. The Morgan fingerprint density at radius 1 is 1.08 bits per heavy atom. The van der Waals surface area contributed by atoms with E-state index in [2.05, 4.69) is 20.6 Å². The molecule has 4 rings (SSSR count). The molecule has 1 amide bonds. The molecule has 8 heteroatoms. The maximum atomic E-state index is 12.3. The van der Waals surface area contributed by atoms with Crippen LogP contribution in [0.15, 0.2) is 53.3 Å². The summed E-state index contributed by atoms with van der Waals surface area (Å²) < 4.78 is 2.31. The summed E-state index contributed by atoms with van der Waals surface area (Å²) in [4.78, 5) is 28.9. The van der Waals surface area contributed by atoms with Crippen molar-refractivity contribution in [1.29, 1.82) is 0 Å². The van der Waals surface area contributed by atoms with Crippen LogP contribution in [-0.4, -0.2) is 25.9 Å². The lowest BCUT2D eigenvalue weighted by Gasteiger charge is -2.05. The van der Waals surface area contributed by atoms with Gasteiger partial charge in [-0.05, 0) is 24.3 Å². The highest BCUT2D eigenvalue weighted by atomic mass is 32.1. The summed E-state index contributed by atoms with van der Waals surface area (Å²) in [6.45, 7) is 0.554. The predicted octanol–water partition coefficient (Wildman–Crippen LogP) is 2.11. The maximum absolute atomic E-state index is 12.3. The number of rotatable bonds is 5. The van der Waals surface area contributed by atoms with E-state index in [-0.39, 0.29) is 24.4 Å². The summed E-state index contributed by atoms with van der Waals surface area (Å²) in [5.41, 5.74) is 1.24. The van der Waals surface area contributed by atoms with Gasteiger partial charge in [-0.25, -0.2) is 9.67 Å². The first kappa shape index (κ1) is 16.3. The van der Waals surface area contributed by atoms with Crippen molar-refractivity contribution in [2.75, 3.05) is 0 Å². The summed E-state index contributed by atoms with van der Waals surface area (Å²) in [5, 5.41) is 12.1. The first-order chi connectivity index (χ1) is 12.7. The molecule has 0 spiro atoms. The van der Waals surface area contributed by atoms with Gasteiger partial charge < -0.3 is 5.32 Å². The average molecular weight is 365 g/mol. The molecule has 0 aliphatic rings. The van der Waals surface area contributed by atoms with Crippen molar-refractivity contribution < 1.29 is 4.79 Å². The number of aryl methyl sites for hydroxylation is 1. The van der Waals surface area contributed by atoms with E-state index in [1.165, 1.54) is 4.68 Å². The minimum atomic E-state index is -0.241.